The van der Waals surface area contributed by atoms with Crippen molar-refractivity contribution in [3.05, 3.63) is 403 Å². The molecule has 3 nitrogen and oxygen atoms in total. The third-order valence-corrected chi connectivity index (χ3v) is 23.5. The molecule has 488 valence electrons. The van der Waals surface area contributed by atoms with Crippen molar-refractivity contribution < 1.29 is 0 Å². The summed E-state index contributed by atoms with van der Waals surface area (Å²) >= 11 is 0. The summed E-state index contributed by atoms with van der Waals surface area (Å²) in [6.45, 7) is 7.95. The average Bonchev–Trinajstić information content (AvgIpc) is 1.47. The van der Waals surface area contributed by atoms with Crippen LogP contribution < -0.4 is 9.80 Å². The minimum Gasteiger partial charge on any atom is -0.311 e. The molecule has 3 heteroatoms. The van der Waals surface area contributed by atoms with Gasteiger partial charge in [-0.15, -0.1) is 0 Å². The number of hydrogen-bond acceptors (Lipinski definition) is 2. The Hall–Kier alpha value is -12.0. The lowest BCUT2D eigenvalue weighted by atomic mass is 9.41. The summed E-state index contributed by atoms with van der Waals surface area (Å²) in [6, 6.07) is 128. The second-order valence-corrected chi connectivity index (χ2v) is 29.2. The number of para-hydroxylation sites is 5. The summed E-state index contributed by atoms with van der Waals surface area (Å²) in [5.41, 5.74) is 31.8. The summed E-state index contributed by atoms with van der Waals surface area (Å²) in [7, 11) is 0. The molecule has 6 aliphatic rings. The predicted molar refractivity (Wildman–Crippen MR) is 428 cm³/mol. The molecular formula is C99H77N3. The van der Waals surface area contributed by atoms with Gasteiger partial charge in [-0.25, -0.2) is 0 Å². The number of rotatable bonds is 13. The van der Waals surface area contributed by atoms with Crippen LogP contribution in [-0.2, 0) is 16.2 Å². The van der Waals surface area contributed by atoms with Crippen molar-refractivity contribution in [2.75, 3.05) is 9.80 Å². The van der Waals surface area contributed by atoms with Crippen molar-refractivity contribution in [3.8, 4) is 50.2 Å². The van der Waals surface area contributed by atoms with Gasteiger partial charge in [-0.05, 0) is 259 Å². The minimum absolute atomic E-state index is 0.187. The van der Waals surface area contributed by atoms with Crippen molar-refractivity contribution >= 4 is 68.1 Å². The van der Waals surface area contributed by atoms with Crippen LogP contribution in [0.4, 0.5) is 34.1 Å². The third-order valence-electron chi connectivity index (χ3n) is 23.5. The molecule has 0 saturated heterocycles. The highest BCUT2D eigenvalue weighted by Crippen LogP contribution is 2.69. The van der Waals surface area contributed by atoms with E-state index in [1.165, 1.54) is 138 Å². The maximum Gasteiger partial charge on any atom is 0.0726 e. The summed E-state index contributed by atoms with van der Waals surface area (Å²) < 4.78 is 2.37. The topological polar surface area (TPSA) is 11.4 Å². The number of aromatic nitrogens is 1. The molecule has 0 radical (unpaired) electrons. The first-order valence-corrected chi connectivity index (χ1v) is 36.4. The summed E-state index contributed by atoms with van der Waals surface area (Å²) in [5, 5.41) is 2.47. The van der Waals surface area contributed by atoms with E-state index in [1.807, 2.05) is 12.2 Å². The molecular weight excluding hydrogens is 1230 g/mol. The standard InChI is InChI=1S/C55H45N.C44H32N2/c1-2-37-21-23-40(24-22-37)53-32-38-29-39(33-53)35-54(34-38,36-53)41-25-27-47-48-28-26-44(56(42-13-5-3-6-14-42)43-15-7-4-8-16-43)31-52(48)55(51(47)30-41)49-19-11-9-17-45(49)46-18-10-12-20-50(46)55;1-2-32-18-20-33(21-19-32)35-24-28-43-41(30-35)42-31-36(25-29-44(42)46(43)39-16-10-5-11-17-39)34-22-26-40(27-23-34)45(37-12-6-3-7-13-37)38-14-8-4-9-15-38/h2-28,30-31,38-39H,1,29,32-36H2;2-31H,1H2. The largest absolute Gasteiger partial charge is 0.311 e. The molecule has 0 N–H and O–H groups in total. The Balaban J connectivity index is 0.000000144. The second kappa shape index (κ2) is 24.7. The maximum absolute atomic E-state index is 4.04. The molecule has 1 heterocycles. The second-order valence-electron chi connectivity index (χ2n) is 29.2. The fraction of sp³-hybridized carbons (Fsp3) is 0.111. The van der Waals surface area contributed by atoms with Crippen LogP contribution >= 0.6 is 0 Å². The van der Waals surface area contributed by atoms with Crippen LogP contribution in [0.3, 0.4) is 0 Å². The summed E-state index contributed by atoms with van der Waals surface area (Å²) in [4.78, 5) is 4.72. The SMILES string of the molecule is C=Cc1ccc(-c2ccc3c(c2)c2cc(-c4ccc(N(c5ccccc5)c5ccccc5)cc4)ccc2n3-c2ccccc2)cc1.C=Cc1ccc(C23CC4CC(C2)CC(c2ccc5c(c2)C2(c6ccccc6-c6ccccc62)c2cc(N(c6ccccc6)c6ccccc6)ccc2-5)(C4)C3)cc1. The number of benzene rings is 14. The molecule has 6 aliphatic carbocycles. The zero-order chi connectivity index (χ0) is 67.9. The lowest BCUT2D eigenvalue weighted by molar-refractivity contribution is -0.0281. The van der Waals surface area contributed by atoms with Crippen LogP contribution in [0.5, 0.6) is 0 Å². The minimum atomic E-state index is -0.413. The summed E-state index contributed by atoms with van der Waals surface area (Å²) in [6.07, 6.45) is 11.8. The predicted octanol–water partition coefficient (Wildman–Crippen LogP) is 26.2. The molecule has 2 atom stereocenters. The first-order valence-electron chi connectivity index (χ1n) is 36.4. The van der Waals surface area contributed by atoms with Crippen molar-refractivity contribution in [3.63, 3.8) is 0 Å². The Morgan fingerprint density at radius 2 is 0.667 bits per heavy atom. The molecule has 0 amide bonds. The lowest BCUT2D eigenvalue weighted by Crippen LogP contribution is -2.56. The van der Waals surface area contributed by atoms with Crippen LogP contribution in [-0.4, -0.2) is 4.57 Å². The highest BCUT2D eigenvalue weighted by Gasteiger charge is 2.60. The van der Waals surface area contributed by atoms with Gasteiger partial charge in [0.05, 0.1) is 16.4 Å². The van der Waals surface area contributed by atoms with Crippen molar-refractivity contribution in [2.45, 2.75) is 54.8 Å². The van der Waals surface area contributed by atoms with E-state index in [4.69, 9.17) is 0 Å². The molecule has 15 aromatic rings. The van der Waals surface area contributed by atoms with Gasteiger partial charge in [0.25, 0.3) is 0 Å². The van der Waals surface area contributed by atoms with Gasteiger partial charge in [-0.3, -0.25) is 0 Å². The van der Waals surface area contributed by atoms with Gasteiger partial charge >= 0.3 is 0 Å². The molecule has 1 spiro atoms. The quantitative estimate of drug-likeness (QED) is 0.114. The van der Waals surface area contributed by atoms with Gasteiger partial charge in [-0.1, -0.05) is 262 Å². The van der Waals surface area contributed by atoms with Crippen LogP contribution in [0.1, 0.15) is 83.0 Å². The van der Waals surface area contributed by atoms with Crippen molar-refractivity contribution in [1.29, 1.82) is 0 Å². The zero-order valence-corrected chi connectivity index (χ0v) is 57.2. The Kier molecular flexibility index (Phi) is 14.8. The normalized spacial score (nSPS) is 18.2. The smallest absolute Gasteiger partial charge is 0.0726 e. The van der Waals surface area contributed by atoms with E-state index >= 15 is 0 Å². The highest BCUT2D eigenvalue weighted by molar-refractivity contribution is 6.12. The van der Waals surface area contributed by atoms with E-state index in [2.05, 4.69) is 373 Å². The number of hydrogen-bond donors (Lipinski definition) is 0. The van der Waals surface area contributed by atoms with Gasteiger partial charge in [0.15, 0.2) is 0 Å². The van der Waals surface area contributed by atoms with Crippen molar-refractivity contribution in [1.82, 2.24) is 4.57 Å². The fourth-order valence-electron chi connectivity index (χ4n) is 19.6. The molecule has 1 aromatic heterocycles. The van der Waals surface area contributed by atoms with Crippen molar-refractivity contribution in [2.24, 2.45) is 11.8 Å². The Bertz CT molecular complexity index is 5540. The third kappa shape index (κ3) is 10.00. The van der Waals surface area contributed by atoms with E-state index in [1.54, 1.807) is 11.1 Å². The van der Waals surface area contributed by atoms with Gasteiger partial charge in [-0.2, -0.15) is 0 Å². The van der Waals surface area contributed by atoms with Gasteiger partial charge in [0, 0.05) is 50.6 Å². The Morgan fingerprint density at radius 3 is 1.16 bits per heavy atom. The fourth-order valence-corrected chi connectivity index (χ4v) is 19.6. The lowest BCUT2D eigenvalue weighted by Gasteiger charge is -2.63. The van der Waals surface area contributed by atoms with Crippen LogP contribution in [0.25, 0.3) is 84.2 Å². The van der Waals surface area contributed by atoms with E-state index in [9.17, 15) is 0 Å². The number of anilines is 6. The molecule has 4 bridgehead atoms. The molecule has 2 unspecified atom stereocenters. The molecule has 4 fully saturated rings. The number of nitrogens with zero attached hydrogens (tertiary/aromatic N) is 3. The van der Waals surface area contributed by atoms with E-state index < -0.39 is 5.41 Å². The number of fused-ring (bicyclic) bond motifs is 13. The van der Waals surface area contributed by atoms with Crippen LogP contribution in [0.2, 0.25) is 0 Å². The Morgan fingerprint density at radius 1 is 0.304 bits per heavy atom. The molecule has 14 aromatic carbocycles. The first-order chi connectivity index (χ1) is 50.3. The maximum atomic E-state index is 4.04. The van der Waals surface area contributed by atoms with Crippen LogP contribution in [0.15, 0.2) is 359 Å². The van der Waals surface area contributed by atoms with E-state index in [-0.39, 0.29) is 10.8 Å². The molecule has 21 rings (SSSR count). The molecule has 0 aliphatic heterocycles. The first kappa shape index (κ1) is 61.1. The van der Waals surface area contributed by atoms with Gasteiger partial charge in [0.1, 0.15) is 0 Å². The average molecular weight is 1310 g/mol. The molecule has 4 saturated carbocycles. The Labute approximate surface area is 598 Å². The van der Waals surface area contributed by atoms with E-state index in [0.29, 0.717) is 0 Å². The molecule has 102 heavy (non-hydrogen) atoms. The monoisotopic (exact) mass is 1310 g/mol. The zero-order valence-electron chi connectivity index (χ0n) is 57.2. The summed E-state index contributed by atoms with van der Waals surface area (Å²) in [5.74, 6) is 1.57. The highest BCUT2D eigenvalue weighted by atomic mass is 15.1. The van der Waals surface area contributed by atoms with Crippen LogP contribution in [0, 0.1) is 11.8 Å². The van der Waals surface area contributed by atoms with Gasteiger partial charge < -0.3 is 14.4 Å². The van der Waals surface area contributed by atoms with Gasteiger partial charge in [0.2, 0.25) is 0 Å². The van der Waals surface area contributed by atoms with E-state index in [0.717, 1.165) is 51.5 Å².